The third-order valence-corrected chi connectivity index (χ3v) is 2.43. The van der Waals surface area contributed by atoms with Gasteiger partial charge in [-0.2, -0.15) is 0 Å². The van der Waals surface area contributed by atoms with Crippen molar-refractivity contribution in [1.82, 2.24) is 0 Å². The number of methoxy groups -OCH3 is 1. The van der Waals surface area contributed by atoms with Crippen molar-refractivity contribution in [3.63, 3.8) is 0 Å². The first-order valence-corrected chi connectivity index (χ1v) is 5.82. The van der Waals surface area contributed by atoms with E-state index in [0.717, 1.165) is 17.6 Å². The molecule has 0 spiro atoms. The zero-order chi connectivity index (χ0) is 14.1. The second-order valence-corrected chi connectivity index (χ2v) is 3.81. The fourth-order valence-corrected chi connectivity index (χ4v) is 1.36. The monoisotopic (exact) mass is 256 g/mol. The molecule has 2 aromatic carbocycles. The molecule has 0 aliphatic rings. The topological polar surface area (TPSA) is 43.4 Å². The molecule has 0 aliphatic heterocycles. The van der Waals surface area contributed by atoms with Crippen LogP contribution in [0.3, 0.4) is 0 Å². The normalized spacial score (nSPS) is 8.95. The molecule has 98 valence electrons. The number of carbonyl (C=O) groups is 2. The standard InChI is InChI=1S/C9H10O2.C7H6O/c1-7(10)8-3-5-9(11-2)6-4-8;8-6-7-4-2-1-3-5-7/h3-6H,1-2H3;1-6H. The number of hydrogen-bond acceptors (Lipinski definition) is 3. The maximum absolute atomic E-state index is 10.8. The Bertz CT molecular complexity index is 515. The quantitative estimate of drug-likeness (QED) is 0.624. The van der Waals surface area contributed by atoms with E-state index in [0.29, 0.717) is 5.56 Å². The summed E-state index contributed by atoms with van der Waals surface area (Å²) < 4.78 is 4.94. The van der Waals surface area contributed by atoms with Gasteiger partial charge in [-0.1, -0.05) is 30.3 Å². The Hall–Kier alpha value is -2.42. The highest BCUT2D eigenvalue weighted by molar-refractivity contribution is 5.94. The first-order chi connectivity index (χ1) is 9.17. The molecule has 3 heteroatoms. The van der Waals surface area contributed by atoms with Crippen molar-refractivity contribution < 1.29 is 14.3 Å². The van der Waals surface area contributed by atoms with Crippen LogP contribution in [0, 0.1) is 0 Å². The molecule has 0 bridgehead atoms. The molecule has 3 nitrogen and oxygen atoms in total. The number of aldehydes is 1. The minimum atomic E-state index is 0.0765. The van der Waals surface area contributed by atoms with Crippen LogP contribution in [0.4, 0.5) is 0 Å². The summed E-state index contributed by atoms with van der Waals surface area (Å²) in [6.07, 6.45) is 0.833. The summed E-state index contributed by atoms with van der Waals surface area (Å²) >= 11 is 0. The molecule has 0 radical (unpaired) electrons. The molecular formula is C16H16O3. The SMILES string of the molecule is COc1ccc(C(C)=O)cc1.O=Cc1ccccc1. The second kappa shape index (κ2) is 7.82. The number of hydrogen-bond donors (Lipinski definition) is 0. The highest BCUT2D eigenvalue weighted by Crippen LogP contribution is 2.11. The van der Waals surface area contributed by atoms with Gasteiger partial charge in [-0.15, -0.1) is 0 Å². The highest BCUT2D eigenvalue weighted by Gasteiger charge is 1.97. The number of ether oxygens (including phenoxy) is 1. The van der Waals surface area contributed by atoms with Crippen molar-refractivity contribution in [2.24, 2.45) is 0 Å². The van der Waals surface area contributed by atoms with Gasteiger partial charge in [0.05, 0.1) is 7.11 Å². The van der Waals surface area contributed by atoms with Gasteiger partial charge in [-0.3, -0.25) is 9.59 Å². The summed E-state index contributed by atoms with van der Waals surface area (Å²) in [5, 5.41) is 0. The van der Waals surface area contributed by atoms with E-state index in [1.54, 1.807) is 50.4 Å². The number of ketones is 1. The third-order valence-electron chi connectivity index (χ3n) is 2.43. The van der Waals surface area contributed by atoms with Crippen molar-refractivity contribution in [3.05, 3.63) is 65.7 Å². The van der Waals surface area contributed by atoms with Gasteiger partial charge in [0.15, 0.2) is 5.78 Å². The average Bonchev–Trinajstić information content (AvgIpc) is 2.48. The molecule has 0 atom stereocenters. The van der Waals surface area contributed by atoms with Crippen LogP contribution >= 0.6 is 0 Å². The summed E-state index contributed by atoms with van der Waals surface area (Å²) in [7, 11) is 1.60. The Morgan fingerprint density at radius 1 is 1.00 bits per heavy atom. The van der Waals surface area contributed by atoms with E-state index in [2.05, 4.69) is 0 Å². The smallest absolute Gasteiger partial charge is 0.159 e. The molecule has 0 N–H and O–H groups in total. The van der Waals surface area contributed by atoms with Gasteiger partial charge in [0.2, 0.25) is 0 Å². The van der Waals surface area contributed by atoms with Gasteiger partial charge in [0, 0.05) is 11.1 Å². The molecule has 2 rings (SSSR count). The van der Waals surface area contributed by atoms with Crippen molar-refractivity contribution in [3.8, 4) is 5.75 Å². The summed E-state index contributed by atoms with van der Waals surface area (Å²) in [6, 6.07) is 16.1. The van der Waals surface area contributed by atoms with Gasteiger partial charge in [-0.25, -0.2) is 0 Å². The van der Waals surface area contributed by atoms with Gasteiger partial charge in [0.25, 0.3) is 0 Å². The van der Waals surface area contributed by atoms with Crippen LogP contribution < -0.4 is 4.74 Å². The van der Waals surface area contributed by atoms with Crippen LogP contribution in [-0.4, -0.2) is 19.2 Å². The predicted molar refractivity (Wildman–Crippen MR) is 74.8 cm³/mol. The van der Waals surface area contributed by atoms with Gasteiger partial charge in [0.1, 0.15) is 12.0 Å². The molecule has 0 saturated carbocycles. The van der Waals surface area contributed by atoms with Crippen LogP contribution in [0.2, 0.25) is 0 Å². The minimum Gasteiger partial charge on any atom is -0.497 e. The first-order valence-electron chi connectivity index (χ1n) is 5.82. The number of rotatable bonds is 3. The summed E-state index contributed by atoms with van der Waals surface area (Å²) in [6.45, 7) is 1.54. The van der Waals surface area contributed by atoms with E-state index in [-0.39, 0.29) is 5.78 Å². The number of carbonyl (C=O) groups excluding carboxylic acids is 2. The molecule has 0 saturated heterocycles. The van der Waals surface area contributed by atoms with E-state index >= 15 is 0 Å². The van der Waals surface area contributed by atoms with E-state index in [9.17, 15) is 9.59 Å². The molecular weight excluding hydrogens is 240 g/mol. The van der Waals surface area contributed by atoms with E-state index in [1.807, 2.05) is 18.2 Å². The molecule has 0 aromatic heterocycles. The molecule has 2 aromatic rings. The number of Topliss-reactive ketones (excluding diaryl/α,β-unsaturated/α-hetero) is 1. The van der Waals surface area contributed by atoms with Crippen molar-refractivity contribution in [2.75, 3.05) is 7.11 Å². The van der Waals surface area contributed by atoms with Crippen LogP contribution in [0.25, 0.3) is 0 Å². The van der Waals surface area contributed by atoms with E-state index < -0.39 is 0 Å². The summed E-state index contributed by atoms with van der Waals surface area (Å²) in [5.41, 5.74) is 1.44. The van der Waals surface area contributed by atoms with Gasteiger partial charge in [-0.05, 0) is 31.2 Å². The maximum Gasteiger partial charge on any atom is 0.159 e. The molecule has 19 heavy (non-hydrogen) atoms. The lowest BCUT2D eigenvalue weighted by molar-refractivity contribution is 0.101. The first kappa shape index (κ1) is 14.6. The zero-order valence-electron chi connectivity index (χ0n) is 11.0. The van der Waals surface area contributed by atoms with Crippen LogP contribution in [0.15, 0.2) is 54.6 Å². The second-order valence-electron chi connectivity index (χ2n) is 3.81. The van der Waals surface area contributed by atoms with Crippen molar-refractivity contribution in [2.45, 2.75) is 6.92 Å². The van der Waals surface area contributed by atoms with E-state index in [1.165, 1.54) is 0 Å². The predicted octanol–water partition coefficient (Wildman–Crippen LogP) is 3.40. The molecule has 0 unspecified atom stereocenters. The Morgan fingerprint density at radius 2 is 1.58 bits per heavy atom. The molecule has 0 heterocycles. The van der Waals surface area contributed by atoms with Gasteiger partial charge < -0.3 is 4.74 Å². The van der Waals surface area contributed by atoms with Gasteiger partial charge >= 0.3 is 0 Å². The fourth-order valence-electron chi connectivity index (χ4n) is 1.36. The highest BCUT2D eigenvalue weighted by atomic mass is 16.5. The van der Waals surface area contributed by atoms with E-state index in [4.69, 9.17) is 4.74 Å². The fraction of sp³-hybridized carbons (Fsp3) is 0.125. The summed E-state index contributed by atoms with van der Waals surface area (Å²) in [5.74, 6) is 0.850. The number of benzene rings is 2. The zero-order valence-corrected chi connectivity index (χ0v) is 11.0. The Morgan fingerprint density at radius 3 is 1.95 bits per heavy atom. The van der Waals surface area contributed by atoms with Crippen LogP contribution in [-0.2, 0) is 0 Å². The lowest BCUT2D eigenvalue weighted by Gasteiger charge is -1.98. The molecule has 0 amide bonds. The Balaban J connectivity index is 0.000000200. The summed E-state index contributed by atoms with van der Waals surface area (Å²) in [4.78, 5) is 20.8. The Labute approximate surface area is 112 Å². The largest absolute Gasteiger partial charge is 0.497 e. The van der Waals surface area contributed by atoms with Crippen molar-refractivity contribution >= 4 is 12.1 Å². The van der Waals surface area contributed by atoms with Crippen molar-refractivity contribution in [1.29, 1.82) is 0 Å². The lowest BCUT2D eigenvalue weighted by Crippen LogP contribution is -1.91. The third kappa shape index (κ3) is 5.17. The van der Waals surface area contributed by atoms with Crippen LogP contribution in [0.5, 0.6) is 5.75 Å². The van der Waals surface area contributed by atoms with Crippen LogP contribution in [0.1, 0.15) is 27.6 Å². The molecule has 0 aliphatic carbocycles. The molecule has 0 fully saturated rings. The average molecular weight is 256 g/mol. The maximum atomic E-state index is 10.8. The Kier molecular flexibility index (Phi) is 6.03. The lowest BCUT2D eigenvalue weighted by atomic mass is 10.1. The minimum absolute atomic E-state index is 0.0765.